The summed E-state index contributed by atoms with van der Waals surface area (Å²) >= 11 is 7.49. The first-order valence-corrected chi connectivity index (χ1v) is 10.4. The molecule has 30 heavy (non-hydrogen) atoms. The Morgan fingerprint density at radius 2 is 2.17 bits per heavy atom. The number of hydrogen-bond acceptors (Lipinski definition) is 6. The molecular weight excluding hydrogens is 426 g/mol. The molecule has 2 aromatic carbocycles. The second-order valence-corrected chi connectivity index (χ2v) is 7.75. The molecule has 1 aromatic heterocycles. The molecule has 4 rings (SSSR count). The number of methoxy groups -OCH3 is 1. The SMILES string of the molecule is COc1ccc(-c2csc(NC(=O)CCN3C(=O)COc4ccccc43)n2)cc1Cl. The summed E-state index contributed by atoms with van der Waals surface area (Å²) in [6.45, 7) is 0.232. The Hall–Kier alpha value is -3.10. The first kappa shape index (κ1) is 20.2. The van der Waals surface area contributed by atoms with E-state index in [-0.39, 0.29) is 31.4 Å². The molecule has 2 heterocycles. The van der Waals surface area contributed by atoms with E-state index in [4.69, 9.17) is 21.1 Å². The van der Waals surface area contributed by atoms with Gasteiger partial charge in [0.1, 0.15) is 11.5 Å². The summed E-state index contributed by atoms with van der Waals surface area (Å²) in [7, 11) is 1.56. The summed E-state index contributed by atoms with van der Waals surface area (Å²) in [6, 6.07) is 12.7. The van der Waals surface area contributed by atoms with E-state index in [1.807, 2.05) is 23.6 Å². The zero-order valence-corrected chi connectivity index (χ0v) is 17.6. The average Bonchev–Trinajstić information content (AvgIpc) is 3.21. The van der Waals surface area contributed by atoms with Gasteiger partial charge in [-0.2, -0.15) is 0 Å². The van der Waals surface area contributed by atoms with Crippen LogP contribution in [0.5, 0.6) is 11.5 Å². The minimum Gasteiger partial charge on any atom is -0.495 e. The molecule has 7 nitrogen and oxygen atoms in total. The zero-order chi connectivity index (χ0) is 21.1. The van der Waals surface area contributed by atoms with Crippen molar-refractivity contribution in [3.05, 3.63) is 52.9 Å². The molecule has 0 aliphatic carbocycles. The van der Waals surface area contributed by atoms with Crippen LogP contribution in [0.2, 0.25) is 5.02 Å². The van der Waals surface area contributed by atoms with Crippen molar-refractivity contribution < 1.29 is 19.1 Å². The quantitative estimate of drug-likeness (QED) is 0.616. The van der Waals surface area contributed by atoms with E-state index in [1.54, 1.807) is 36.3 Å². The van der Waals surface area contributed by atoms with Gasteiger partial charge in [0, 0.05) is 23.9 Å². The first-order valence-electron chi connectivity index (χ1n) is 9.16. The molecule has 3 aromatic rings. The van der Waals surface area contributed by atoms with Crippen LogP contribution in [0.25, 0.3) is 11.3 Å². The molecule has 9 heteroatoms. The number of carbonyl (C=O) groups excluding carboxylic acids is 2. The maximum absolute atomic E-state index is 12.4. The third-order valence-electron chi connectivity index (χ3n) is 4.57. The number of fused-ring (bicyclic) bond motifs is 1. The van der Waals surface area contributed by atoms with Gasteiger partial charge in [0.25, 0.3) is 5.91 Å². The van der Waals surface area contributed by atoms with Crippen molar-refractivity contribution in [2.45, 2.75) is 6.42 Å². The summed E-state index contributed by atoms with van der Waals surface area (Å²) in [4.78, 5) is 30.6. The molecule has 0 atom stereocenters. The van der Waals surface area contributed by atoms with E-state index >= 15 is 0 Å². The van der Waals surface area contributed by atoms with E-state index < -0.39 is 0 Å². The number of nitrogens with one attached hydrogen (secondary N) is 1. The molecule has 0 saturated heterocycles. The molecule has 1 aliphatic rings. The maximum Gasteiger partial charge on any atom is 0.265 e. The Bertz CT molecular complexity index is 1100. The lowest BCUT2D eigenvalue weighted by Gasteiger charge is -2.29. The van der Waals surface area contributed by atoms with Gasteiger partial charge in [-0.3, -0.25) is 9.59 Å². The van der Waals surface area contributed by atoms with Crippen LogP contribution >= 0.6 is 22.9 Å². The minimum absolute atomic E-state index is 0.0289. The van der Waals surface area contributed by atoms with Crippen LogP contribution in [-0.4, -0.2) is 37.1 Å². The van der Waals surface area contributed by atoms with Crippen molar-refractivity contribution in [1.82, 2.24) is 4.98 Å². The number of thiazole rings is 1. The number of ether oxygens (including phenoxy) is 2. The second-order valence-electron chi connectivity index (χ2n) is 6.49. The number of nitrogens with zero attached hydrogens (tertiary/aromatic N) is 2. The predicted molar refractivity (Wildman–Crippen MR) is 117 cm³/mol. The van der Waals surface area contributed by atoms with Gasteiger partial charge in [0.2, 0.25) is 5.91 Å². The van der Waals surface area contributed by atoms with Crippen LogP contribution in [0.1, 0.15) is 6.42 Å². The molecule has 0 saturated carbocycles. The molecule has 0 fully saturated rings. The van der Waals surface area contributed by atoms with Gasteiger partial charge >= 0.3 is 0 Å². The highest BCUT2D eigenvalue weighted by atomic mass is 35.5. The fraction of sp³-hybridized carbons (Fsp3) is 0.190. The van der Waals surface area contributed by atoms with E-state index in [2.05, 4.69) is 10.3 Å². The van der Waals surface area contributed by atoms with Crippen molar-refractivity contribution >= 4 is 45.6 Å². The molecule has 2 amide bonds. The summed E-state index contributed by atoms with van der Waals surface area (Å²) in [5.74, 6) is 0.832. The Morgan fingerprint density at radius 1 is 1.33 bits per heavy atom. The molecule has 1 N–H and O–H groups in total. The highest BCUT2D eigenvalue weighted by Gasteiger charge is 2.25. The molecule has 154 valence electrons. The molecule has 0 spiro atoms. The molecule has 1 aliphatic heterocycles. The van der Waals surface area contributed by atoms with Crippen LogP contribution in [-0.2, 0) is 9.59 Å². The largest absolute Gasteiger partial charge is 0.495 e. The van der Waals surface area contributed by atoms with Gasteiger partial charge in [0.15, 0.2) is 11.7 Å². The Balaban J connectivity index is 1.39. The van der Waals surface area contributed by atoms with Crippen LogP contribution in [0.4, 0.5) is 10.8 Å². The lowest BCUT2D eigenvalue weighted by Crippen LogP contribution is -2.40. The number of hydrogen-bond donors (Lipinski definition) is 1. The Kier molecular flexibility index (Phi) is 5.87. The molecule has 0 bridgehead atoms. The number of benzene rings is 2. The van der Waals surface area contributed by atoms with Gasteiger partial charge < -0.3 is 19.7 Å². The van der Waals surface area contributed by atoms with Crippen LogP contribution in [0, 0.1) is 0 Å². The normalized spacial score (nSPS) is 12.9. The highest BCUT2D eigenvalue weighted by molar-refractivity contribution is 7.14. The number of carbonyl (C=O) groups is 2. The number of para-hydroxylation sites is 2. The summed E-state index contributed by atoms with van der Waals surface area (Å²) in [6.07, 6.45) is 0.142. The van der Waals surface area contributed by atoms with E-state index in [1.165, 1.54) is 11.3 Å². The minimum atomic E-state index is -0.222. The smallest absolute Gasteiger partial charge is 0.265 e. The van der Waals surface area contributed by atoms with E-state index in [9.17, 15) is 9.59 Å². The van der Waals surface area contributed by atoms with E-state index in [0.29, 0.717) is 33.0 Å². The fourth-order valence-corrected chi connectivity index (χ4v) is 4.08. The number of halogens is 1. The first-order chi connectivity index (χ1) is 14.5. The van der Waals surface area contributed by atoms with Crippen LogP contribution in [0.3, 0.4) is 0 Å². The van der Waals surface area contributed by atoms with Gasteiger partial charge in [0.05, 0.1) is 23.5 Å². The van der Waals surface area contributed by atoms with Gasteiger partial charge in [-0.15, -0.1) is 11.3 Å². The van der Waals surface area contributed by atoms with Crippen molar-refractivity contribution in [2.75, 3.05) is 30.5 Å². The van der Waals surface area contributed by atoms with Crippen molar-refractivity contribution in [3.8, 4) is 22.8 Å². The lowest BCUT2D eigenvalue weighted by atomic mass is 10.2. The van der Waals surface area contributed by atoms with Crippen LogP contribution in [0.15, 0.2) is 47.8 Å². The zero-order valence-electron chi connectivity index (χ0n) is 16.1. The number of rotatable bonds is 6. The van der Waals surface area contributed by atoms with Gasteiger partial charge in [-0.1, -0.05) is 23.7 Å². The molecule has 0 unspecified atom stereocenters. The standard InChI is InChI=1S/C21H18ClN3O4S/c1-28-17-7-6-13(10-14(17)22)15-12-30-21(23-15)24-19(26)8-9-25-16-4-2-3-5-18(16)29-11-20(25)27/h2-7,10,12H,8-9,11H2,1H3,(H,23,24,26). The third kappa shape index (κ3) is 4.24. The predicted octanol–water partition coefficient (Wildman–Crippen LogP) is 4.23. The molecular formula is C21H18ClN3O4S. The van der Waals surface area contributed by atoms with Crippen LogP contribution < -0.4 is 19.7 Å². The maximum atomic E-state index is 12.4. The number of anilines is 2. The molecule has 0 radical (unpaired) electrons. The lowest BCUT2D eigenvalue weighted by molar-refractivity contribution is -0.121. The fourth-order valence-electron chi connectivity index (χ4n) is 3.08. The number of amides is 2. The monoisotopic (exact) mass is 443 g/mol. The second kappa shape index (κ2) is 8.73. The summed E-state index contributed by atoms with van der Waals surface area (Å²) < 4.78 is 10.6. The Morgan fingerprint density at radius 3 is 2.97 bits per heavy atom. The van der Waals surface area contributed by atoms with E-state index in [0.717, 1.165) is 5.56 Å². The highest BCUT2D eigenvalue weighted by Crippen LogP contribution is 2.33. The van der Waals surface area contributed by atoms with Crippen molar-refractivity contribution in [2.24, 2.45) is 0 Å². The summed E-state index contributed by atoms with van der Waals surface area (Å²) in [5.41, 5.74) is 2.21. The van der Waals surface area contributed by atoms with Crippen molar-refractivity contribution in [1.29, 1.82) is 0 Å². The summed E-state index contributed by atoms with van der Waals surface area (Å²) in [5, 5.41) is 5.60. The van der Waals surface area contributed by atoms with Gasteiger partial charge in [-0.05, 0) is 30.3 Å². The number of aromatic nitrogens is 1. The third-order valence-corrected chi connectivity index (χ3v) is 5.62. The van der Waals surface area contributed by atoms with Crippen molar-refractivity contribution in [3.63, 3.8) is 0 Å². The Labute approximate surface area is 182 Å². The van der Waals surface area contributed by atoms with Gasteiger partial charge in [-0.25, -0.2) is 4.98 Å². The topological polar surface area (TPSA) is 80.8 Å². The average molecular weight is 444 g/mol.